The van der Waals surface area contributed by atoms with E-state index in [9.17, 15) is 18.0 Å². The molecular weight excluding hydrogens is 523 g/mol. The number of carbonyl (C=O) groups excluding carboxylic acids is 1. The van der Waals surface area contributed by atoms with Gasteiger partial charge in [0, 0.05) is 47.8 Å². The van der Waals surface area contributed by atoms with Crippen molar-refractivity contribution >= 4 is 27.4 Å². The molecule has 1 saturated heterocycles. The van der Waals surface area contributed by atoms with Gasteiger partial charge in [0.05, 0.1) is 11.5 Å². The third kappa shape index (κ3) is 5.06. The highest BCUT2D eigenvalue weighted by Crippen LogP contribution is 2.47. The number of likely N-dealkylation sites (tertiary alicyclic amines) is 1. The van der Waals surface area contributed by atoms with E-state index in [0.29, 0.717) is 24.0 Å². The van der Waals surface area contributed by atoms with Crippen LogP contribution in [0.4, 0.5) is 18.9 Å². The number of alkyl halides is 3. The second-order valence-electron chi connectivity index (χ2n) is 9.02. The molecule has 5 rings (SSSR count). The summed E-state index contributed by atoms with van der Waals surface area (Å²) in [7, 11) is 0. The number of nitrogens with zero attached hydrogens (tertiary/aromatic N) is 2. The fraction of sp³-hybridized carbons (Fsp3) is 0.308. The maximum atomic E-state index is 13.8. The number of rotatable bonds is 4. The second kappa shape index (κ2) is 9.28. The van der Waals surface area contributed by atoms with Gasteiger partial charge in [-0.1, -0.05) is 28.1 Å². The largest absolute Gasteiger partial charge is 0.573 e. The standard InChI is InChI=1S/C26H23BrF3N3O2/c27-19-3-6-21-22(15-19)32-25(9-13-33(14-10-25)16-17-7-11-31-12-8-17)23(24(21)34)18-1-4-20(5-2-18)35-26(28,29)30/h1-8,11-12,15,23,32H,9-10,13-14,16H2. The maximum Gasteiger partial charge on any atom is 0.573 e. The first-order valence-corrected chi connectivity index (χ1v) is 12.1. The van der Waals surface area contributed by atoms with Crippen molar-refractivity contribution in [1.29, 1.82) is 0 Å². The van der Waals surface area contributed by atoms with Gasteiger partial charge in [-0.3, -0.25) is 14.7 Å². The Morgan fingerprint density at radius 2 is 1.74 bits per heavy atom. The van der Waals surface area contributed by atoms with Gasteiger partial charge in [-0.05, 0) is 66.4 Å². The summed E-state index contributed by atoms with van der Waals surface area (Å²) in [5, 5.41) is 3.67. The first-order valence-electron chi connectivity index (χ1n) is 11.3. The average Bonchev–Trinajstić information content (AvgIpc) is 2.81. The van der Waals surface area contributed by atoms with Crippen molar-refractivity contribution in [1.82, 2.24) is 9.88 Å². The topological polar surface area (TPSA) is 54.5 Å². The predicted molar refractivity (Wildman–Crippen MR) is 129 cm³/mol. The fourth-order valence-corrected chi connectivity index (χ4v) is 5.55. The smallest absolute Gasteiger partial charge is 0.406 e. The van der Waals surface area contributed by atoms with Crippen LogP contribution in [0.3, 0.4) is 0 Å². The SMILES string of the molecule is O=C1c2ccc(Br)cc2NC2(CCN(Cc3ccncc3)CC2)C1c1ccc(OC(F)(F)F)cc1. The van der Waals surface area contributed by atoms with Gasteiger partial charge in [0.2, 0.25) is 0 Å². The number of halogens is 4. The van der Waals surface area contributed by atoms with Crippen molar-refractivity contribution in [3.63, 3.8) is 0 Å². The molecule has 2 aliphatic heterocycles. The molecule has 3 aromatic rings. The first-order chi connectivity index (χ1) is 16.7. The summed E-state index contributed by atoms with van der Waals surface area (Å²) in [5.74, 6) is -0.861. The Kier molecular flexibility index (Phi) is 6.31. The van der Waals surface area contributed by atoms with Crippen molar-refractivity contribution in [2.45, 2.75) is 37.2 Å². The summed E-state index contributed by atoms with van der Waals surface area (Å²) in [5.41, 5.74) is 2.66. The number of ether oxygens (including phenoxy) is 1. The lowest BCUT2D eigenvalue weighted by Crippen LogP contribution is -2.56. The number of anilines is 1. The first kappa shape index (κ1) is 23.8. The highest BCUT2D eigenvalue weighted by molar-refractivity contribution is 9.10. The highest BCUT2D eigenvalue weighted by atomic mass is 79.9. The summed E-state index contributed by atoms with van der Waals surface area (Å²) >= 11 is 3.49. The molecule has 2 aliphatic rings. The number of hydrogen-bond acceptors (Lipinski definition) is 5. The van der Waals surface area contributed by atoms with Crippen LogP contribution in [0.15, 0.2) is 71.5 Å². The molecule has 0 aliphatic carbocycles. The summed E-state index contributed by atoms with van der Waals surface area (Å²) in [6.45, 7) is 2.35. The lowest BCUT2D eigenvalue weighted by Gasteiger charge is -2.50. The molecule has 2 aromatic carbocycles. The van der Waals surface area contributed by atoms with Crippen LogP contribution in [0, 0.1) is 0 Å². The summed E-state index contributed by atoms with van der Waals surface area (Å²) in [4.78, 5) is 20.2. The van der Waals surface area contributed by atoms with E-state index in [2.05, 4.69) is 35.9 Å². The average molecular weight is 546 g/mol. The van der Waals surface area contributed by atoms with Crippen molar-refractivity contribution < 1.29 is 22.7 Å². The van der Waals surface area contributed by atoms with Gasteiger partial charge in [-0.25, -0.2) is 0 Å². The van der Waals surface area contributed by atoms with E-state index in [0.717, 1.165) is 29.8 Å². The molecule has 5 nitrogen and oxygen atoms in total. The second-order valence-corrected chi connectivity index (χ2v) is 9.93. The number of hydrogen-bond donors (Lipinski definition) is 1. The zero-order valence-electron chi connectivity index (χ0n) is 18.7. The Bertz CT molecular complexity index is 1210. The van der Waals surface area contributed by atoms with Gasteiger partial charge in [-0.15, -0.1) is 13.2 Å². The summed E-state index contributed by atoms with van der Waals surface area (Å²) in [6.07, 6.45) is 0.208. The molecular formula is C26H23BrF3N3O2. The zero-order chi connectivity index (χ0) is 24.6. The molecule has 35 heavy (non-hydrogen) atoms. The molecule has 1 fully saturated rings. The number of carbonyl (C=O) groups is 1. The van der Waals surface area contributed by atoms with Crippen molar-refractivity contribution in [2.75, 3.05) is 18.4 Å². The normalized spacial score (nSPS) is 19.8. The van der Waals surface area contributed by atoms with Crippen LogP contribution in [0.1, 0.15) is 40.2 Å². The quantitative estimate of drug-likeness (QED) is 0.425. The third-order valence-corrected chi connectivity index (χ3v) is 7.29. The van der Waals surface area contributed by atoms with Crippen LogP contribution in [0.2, 0.25) is 0 Å². The molecule has 1 spiro atoms. The lowest BCUT2D eigenvalue weighted by molar-refractivity contribution is -0.274. The van der Waals surface area contributed by atoms with Crippen molar-refractivity contribution in [3.8, 4) is 5.75 Å². The van der Waals surface area contributed by atoms with E-state index in [1.165, 1.54) is 17.7 Å². The monoisotopic (exact) mass is 545 g/mol. The van der Waals surface area contributed by atoms with Crippen LogP contribution < -0.4 is 10.1 Å². The van der Waals surface area contributed by atoms with Crippen molar-refractivity contribution in [3.05, 3.63) is 88.2 Å². The highest BCUT2D eigenvalue weighted by Gasteiger charge is 2.49. The number of benzene rings is 2. The number of nitrogens with one attached hydrogen (secondary N) is 1. The maximum absolute atomic E-state index is 13.8. The number of aromatic nitrogens is 1. The Morgan fingerprint density at radius 1 is 1.06 bits per heavy atom. The number of piperidine rings is 1. The van der Waals surface area contributed by atoms with E-state index in [-0.39, 0.29) is 11.5 Å². The molecule has 0 radical (unpaired) electrons. The summed E-state index contributed by atoms with van der Waals surface area (Å²) < 4.78 is 42.8. The minimum Gasteiger partial charge on any atom is -0.406 e. The van der Waals surface area contributed by atoms with Gasteiger partial charge in [0.15, 0.2) is 5.78 Å². The molecule has 182 valence electrons. The fourth-order valence-electron chi connectivity index (χ4n) is 5.18. The van der Waals surface area contributed by atoms with E-state index in [4.69, 9.17) is 0 Å². The van der Waals surface area contributed by atoms with Crippen LogP contribution in [0.25, 0.3) is 0 Å². The number of fused-ring (bicyclic) bond motifs is 1. The van der Waals surface area contributed by atoms with E-state index in [1.807, 2.05) is 24.3 Å². The predicted octanol–water partition coefficient (Wildman–Crippen LogP) is 6.17. The molecule has 1 N–H and O–H groups in total. The molecule has 0 saturated carbocycles. The Balaban J connectivity index is 1.45. The van der Waals surface area contributed by atoms with E-state index < -0.39 is 17.8 Å². The van der Waals surface area contributed by atoms with Gasteiger partial charge < -0.3 is 10.1 Å². The van der Waals surface area contributed by atoms with Crippen LogP contribution in [0.5, 0.6) is 5.75 Å². The minimum atomic E-state index is -4.76. The number of pyridine rings is 1. The zero-order valence-corrected chi connectivity index (χ0v) is 20.3. The molecule has 0 bridgehead atoms. The number of Topliss-reactive ketones (excluding diaryl/α,β-unsaturated/α-hetero) is 1. The van der Waals surface area contributed by atoms with Gasteiger partial charge >= 0.3 is 6.36 Å². The molecule has 1 unspecified atom stereocenters. The van der Waals surface area contributed by atoms with Gasteiger partial charge in [0.25, 0.3) is 0 Å². The molecule has 0 amide bonds. The minimum absolute atomic E-state index is 0.0293. The molecule has 1 aromatic heterocycles. The Morgan fingerprint density at radius 3 is 2.40 bits per heavy atom. The molecule has 3 heterocycles. The molecule has 1 atom stereocenters. The Hall–Kier alpha value is -2.91. The van der Waals surface area contributed by atoms with Crippen molar-refractivity contribution in [2.24, 2.45) is 0 Å². The van der Waals surface area contributed by atoms with E-state index in [1.54, 1.807) is 30.6 Å². The van der Waals surface area contributed by atoms with Crippen LogP contribution >= 0.6 is 15.9 Å². The van der Waals surface area contributed by atoms with Gasteiger partial charge in [-0.2, -0.15) is 0 Å². The van der Waals surface area contributed by atoms with Gasteiger partial charge in [0.1, 0.15) is 5.75 Å². The number of ketones is 1. The Labute approximate surface area is 209 Å². The lowest BCUT2D eigenvalue weighted by atomic mass is 9.67. The summed E-state index contributed by atoms with van der Waals surface area (Å²) in [6, 6.07) is 15.2. The van der Waals surface area contributed by atoms with E-state index >= 15 is 0 Å². The molecule has 9 heteroatoms. The van der Waals surface area contributed by atoms with Crippen LogP contribution in [-0.4, -0.2) is 40.7 Å². The third-order valence-electron chi connectivity index (χ3n) is 6.80. The van der Waals surface area contributed by atoms with Crippen LogP contribution in [-0.2, 0) is 6.54 Å².